The van der Waals surface area contributed by atoms with Crippen LogP contribution in [-0.2, 0) is 5.41 Å². The van der Waals surface area contributed by atoms with Gasteiger partial charge < -0.3 is 4.90 Å². The van der Waals surface area contributed by atoms with Crippen molar-refractivity contribution < 1.29 is 0 Å². The van der Waals surface area contributed by atoms with Crippen molar-refractivity contribution in [1.82, 2.24) is 0 Å². The first-order valence-corrected chi connectivity index (χ1v) is 25.9. The van der Waals surface area contributed by atoms with Crippen molar-refractivity contribution in [2.75, 3.05) is 4.90 Å². The first-order chi connectivity index (χ1) is 33.6. The van der Waals surface area contributed by atoms with Gasteiger partial charge in [0.05, 0.1) is 0 Å². The van der Waals surface area contributed by atoms with E-state index >= 15 is 0 Å². The highest BCUT2D eigenvalue weighted by molar-refractivity contribution is 7.25. The van der Waals surface area contributed by atoms with Gasteiger partial charge in [0, 0.05) is 42.6 Å². The molecule has 6 aliphatic carbocycles. The Morgan fingerprint density at radius 3 is 1.82 bits per heavy atom. The van der Waals surface area contributed by atoms with E-state index in [1.165, 1.54) is 114 Å². The molecule has 5 fully saturated rings. The van der Waals surface area contributed by atoms with E-state index in [2.05, 4.69) is 217 Å². The summed E-state index contributed by atoms with van der Waals surface area (Å²) < 4.78 is 2.62. The minimum Gasteiger partial charge on any atom is -0.310 e. The molecule has 2 heteroatoms. The number of hydrogen-bond donors (Lipinski definition) is 0. The van der Waals surface area contributed by atoms with Gasteiger partial charge in [-0.15, -0.1) is 11.3 Å². The van der Waals surface area contributed by atoms with E-state index in [4.69, 9.17) is 0 Å². The van der Waals surface area contributed by atoms with Crippen LogP contribution in [0.2, 0.25) is 0 Å². The minimum atomic E-state index is 0.189. The van der Waals surface area contributed by atoms with E-state index < -0.39 is 0 Å². The molecule has 6 atom stereocenters. The lowest BCUT2D eigenvalue weighted by atomic mass is 9.40. The van der Waals surface area contributed by atoms with Crippen molar-refractivity contribution in [3.63, 3.8) is 0 Å². The molecule has 0 amide bonds. The van der Waals surface area contributed by atoms with Crippen LogP contribution in [0.1, 0.15) is 49.7 Å². The highest BCUT2D eigenvalue weighted by Crippen LogP contribution is 2.82. The lowest BCUT2D eigenvalue weighted by Crippen LogP contribution is -2.59. The molecule has 1 heterocycles. The van der Waals surface area contributed by atoms with E-state index in [0.29, 0.717) is 5.41 Å². The van der Waals surface area contributed by atoms with Crippen molar-refractivity contribution in [3.8, 4) is 55.6 Å². The van der Waals surface area contributed by atoms with Crippen molar-refractivity contribution in [2.24, 2.45) is 29.1 Å². The van der Waals surface area contributed by atoms with Crippen LogP contribution in [0, 0.1) is 29.1 Å². The molecule has 0 radical (unpaired) electrons. The van der Waals surface area contributed by atoms with E-state index in [1.54, 1.807) is 11.1 Å². The molecule has 0 saturated heterocycles. The second kappa shape index (κ2) is 14.7. The topological polar surface area (TPSA) is 3.24 Å². The molecule has 0 N–H and O–H groups in total. The van der Waals surface area contributed by atoms with Gasteiger partial charge in [-0.25, -0.2) is 0 Å². The zero-order chi connectivity index (χ0) is 44.6. The van der Waals surface area contributed by atoms with E-state index in [0.717, 1.165) is 40.7 Å². The van der Waals surface area contributed by atoms with Gasteiger partial charge in [-0.05, 0) is 189 Å². The molecular weight excluding hydrogens is 839 g/mol. The summed E-state index contributed by atoms with van der Waals surface area (Å²) in [5.41, 5.74) is 20.3. The number of anilines is 3. The Balaban J connectivity index is 0.775. The summed E-state index contributed by atoms with van der Waals surface area (Å²) in [6.07, 6.45) is 8.71. The zero-order valence-corrected chi connectivity index (χ0v) is 38.9. The minimum absolute atomic E-state index is 0.189. The fourth-order valence-electron chi connectivity index (χ4n) is 15.2. The Bertz CT molecular complexity index is 3620. The normalized spacial score (nSPS) is 23.6. The Kier molecular flexibility index (Phi) is 8.47. The summed E-state index contributed by atoms with van der Waals surface area (Å²) in [5, 5.41) is 2.63. The lowest BCUT2D eigenvalue weighted by Gasteiger charge is -2.63. The monoisotopic (exact) mass is 889 g/mol. The molecule has 0 aliphatic heterocycles. The number of rotatable bonds is 7. The highest BCUT2D eigenvalue weighted by Gasteiger charge is 2.75. The van der Waals surface area contributed by atoms with E-state index in [1.807, 2.05) is 11.3 Å². The molecule has 10 aromatic rings. The van der Waals surface area contributed by atoms with Gasteiger partial charge in [-0.3, -0.25) is 0 Å². The van der Waals surface area contributed by atoms with Crippen LogP contribution < -0.4 is 4.90 Å². The highest BCUT2D eigenvalue weighted by atomic mass is 32.1. The van der Waals surface area contributed by atoms with Crippen molar-refractivity contribution in [3.05, 3.63) is 223 Å². The number of hydrogen-bond acceptors (Lipinski definition) is 2. The number of benzene rings is 9. The molecule has 326 valence electrons. The molecule has 68 heavy (non-hydrogen) atoms. The molecule has 2 spiro atoms. The third-order valence-electron chi connectivity index (χ3n) is 18.0. The Morgan fingerprint density at radius 2 is 1.01 bits per heavy atom. The Morgan fingerprint density at radius 1 is 0.412 bits per heavy atom. The second-order valence-electron chi connectivity index (χ2n) is 20.9. The standard InChI is InChI=1S/C66H51NS/c1-2-11-43(12-3-1)44-21-26-50(27-22-44)67(52-30-31-57-56-18-7-9-20-63(56)68-64(57)39-52)51-28-23-45(24-29-51)46-13-10-14-47(37-46)53-15-4-5-16-54(53)48-25-32-61-59(38-48)55-17-6-8-19-60(55)66(61)41-62-58-36-42-33-34-65(62,66)40-49(58)35-42/h1-32,37-39,42,49,58,62H,33-36,40-41H2. The van der Waals surface area contributed by atoms with Gasteiger partial charge in [-0.2, -0.15) is 0 Å². The summed E-state index contributed by atoms with van der Waals surface area (Å²) >= 11 is 1.87. The second-order valence-corrected chi connectivity index (χ2v) is 22.0. The van der Waals surface area contributed by atoms with Crippen LogP contribution >= 0.6 is 11.3 Å². The maximum Gasteiger partial charge on any atom is 0.0476 e. The Hall–Kier alpha value is -7.00. The number of thiophene rings is 1. The van der Waals surface area contributed by atoms with Crippen LogP contribution in [0.3, 0.4) is 0 Å². The molecule has 5 saturated carbocycles. The summed E-state index contributed by atoms with van der Waals surface area (Å²) in [6.45, 7) is 0. The summed E-state index contributed by atoms with van der Waals surface area (Å²) in [6, 6.07) is 80.0. The predicted molar refractivity (Wildman–Crippen MR) is 286 cm³/mol. The van der Waals surface area contributed by atoms with Gasteiger partial charge in [0.15, 0.2) is 0 Å². The summed E-state index contributed by atoms with van der Waals surface area (Å²) in [7, 11) is 0. The maximum atomic E-state index is 2.58. The SMILES string of the molecule is c1ccc(-c2ccc(N(c3ccc(-c4cccc(-c5ccccc5-c5ccc6c(c5)-c5ccccc5C65CC6C7CC8CCC65CC7C8)c4)cc3)c3ccc4c(c3)sc3ccccc34)cc2)cc1. The molecule has 4 bridgehead atoms. The van der Waals surface area contributed by atoms with Crippen LogP contribution in [-0.4, -0.2) is 0 Å². The first-order valence-electron chi connectivity index (χ1n) is 25.0. The fraction of sp³-hybridized carbons (Fsp3) is 0.182. The third kappa shape index (κ3) is 5.56. The quantitative estimate of drug-likeness (QED) is 0.154. The molecule has 1 nitrogen and oxygen atoms in total. The van der Waals surface area contributed by atoms with Gasteiger partial charge in [0.1, 0.15) is 0 Å². The van der Waals surface area contributed by atoms with Crippen LogP contribution in [0.5, 0.6) is 0 Å². The summed E-state index contributed by atoms with van der Waals surface area (Å²) in [4.78, 5) is 2.40. The van der Waals surface area contributed by atoms with E-state index in [9.17, 15) is 0 Å². The molecule has 6 unspecified atom stereocenters. The van der Waals surface area contributed by atoms with Gasteiger partial charge in [0.2, 0.25) is 0 Å². The van der Waals surface area contributed by atoms with Gasteiger partial charge >= 0.3 is 0 Å². The molecule has 6 aliphatic rings. The molecular formula is C66H51NS. The molecule has 16 rings (SSSR count). The van der Waals surface area contributed by atoms with Crippen LogP contribution in [0.4, 0.5) is 17.1 Å². The number of nitrogens with zero attached hydrogens (tertiary/aromatic N) is 1. The number of fused-ring (bicyclic) bond motifs is 9. The van der Waals surface area contributed by atoms with E-state index in [-0.39, 0.29) is 5.41 Å². The molecule has 1 aromatic heterocycles. The van der Waals surface area contributed by atoms with Crippen LogP contribution in [0.15, 0.2) is 212 Å². The lowest BCUT2D eigenvalue weighted by molar-refractivity contribution is -0.0516. The molecule has 9 aromatic carbocycles. The smallest absolute Gasteiger partial charge is 0.0476 e. The van der Waals surface area contributed by atoms with Gasteiger partial charge in [-0.1, -0.05) is 158 Å². The Labute approximate surface area is 403 Å². The van der Waals surface area contributed by atoms with Crippen molar-refractivity contribution >= 4 is 48.6 Å². The average molecular weight is 890 g/mol. The average Bonchev–Trinajstić information content (AvgIpc) is 4.05. The predicted octanol–water partition coefficient (Wildman–Crippen LogP) is 18.3. The third-order valence-corrected chi connectivity index (χ3v) is 19.1. The van der Waals surface area contributed by atoms with Crippen LogP contribution in [0.25, 0.3) is 75.8 Å². The fourth-order valence-corrected chi connectivity index (χ4v) is 16.3. The largest absolute Gasteiger partial charge is 0.310 e. The first kappa shape index (κ1) is 39.0. The summed E-state index contributed by atoms with van der Waals surface area (Å²) in [5.74, 6) is 3.85. The van der Waals surface area contributed by atoms with Crippen molar-refractivity contribution in [2.45, 2.75) is 43.9 Å². The van der Waals surface area contributed by atoms with Crippen molar-refractivity contribution in [1.29, 1.82) is 0 Å². The maximum absolute atomic E-state index is 2.58. The van der Waals surface area contributed by atoms with Gasteiger partial charge in [0.25, 0.3) is 0 Å². The zero-order valence-electron chi connectivity index (χ0n) is 38.1.